The summed E-state index contributed by atoms with van der Waals surface area (Å²) in [6.45, 7) is 2.99. The van der Waals surface area contributed by atoms with Crippen LogP contribution in [0.2, 0.25) is 0 Å². The zero-order chi connectivity index (χ0) is 24.3. The van der Waals surface area contributed by atoms with Gasteiger partial charge in [-0.15, -0.1) is 0 Å². The van der Waals surface area contributed by atoms with Gasteiger partial charge in [-0.1, -0.05) is 30.3 Å². The Balaban J connectivity index is 0.000000383. The lowest BCUT2D eigenvalue weighted by Crippen LogP contribution is -2.53. The monoisotopic (exact) mass is 487 g/mol. The number of halogens is 3. The Kier molecular flexibility index (Phi) is 7.29. The fraction of sp³-hybridized carbons (Fsp3) is 0.429. The van der Waals surface area contributed by atoms with Crippen molar-refractivity contribution in [1.29, 1.82) is 0 Å². The highest BCUT2D eigenvalue weighted by Gasteiger charge is 2.44. The Morgan fingerprint density at radius 3 is 2.33 bits per heavy atom. The second-order valence-corrected chi connectivity index (χ2v) is 9.93. The summed E-state index contributed by atoms with van der Waals surface area (Å²) >= 11 is 0. The molecule has 1 fully saturated rings. The van der Waals surface area contributed by atoms with Crippen LogP contribution in [-0.2, 0) is 21.4 Å². The topological polar surface area (TPSA) is 100 Å². The van der Waals surface area contributed by atoms with Crippen molar-refractivity contribution < 1.29 is 36.2 Å². The van der Waals surface area contributed by atoms with Gasteiger partial charge >= 0.3 is 12.1 Å². The van der Waals surface area contributed by atoms with Crippen LogP contribution in [0.25, 0.3) is 0 Å². The molecule has 1 aromatic heterocycles. The number of hydrogen-bond donors (Lipinski definition) is 1. The predicted molar refractivity (Wildman–Crippen MR) is 112 cm³/mol. The number of carboxylic acid groups (broad SMARTS) is 1. The molecule has 2 aromatic rings. The predicted octanol–water partition coefficient (Wildman–Crippen LogP) is 2.76. The summed E-state index contributed by atoms with van der Waals surface area (Å²) in [6.07, 6.45) is -1.96. The quantitative estimate of drug-likeness (QED) is 0.695. The lowest BCUT2D eigenvalue weighted by molar-refractivity contribution is -0.192. The third-order valence-electron chi connectivity index (χ3n) is 5.51. The summed E-state index contributed by atoms with van der Waals surface area (Å²) in [5.41, 5.74) is 0.770. The molecule has 0 saturated carbocycles. The molecule has 1 aromatic carbocycles. The van der Waals surface area contributed by atoms with Crippen molar-refractivity contribution in [3.8, 4) is 5.88 Å². The summed E-state index contributed by atoms with van der Waals surface area (Å²) in [5, 5.41) is 7.12. The number of carbonyl (C=O) groups is 1. The number of fused-ring (bicyclic) bond motifs is 1. The number of aromatic nitrogens is 1. The Bertz CT molecular complexity index is 1070. The summed E-state index contributed by atoms with van der Waals surface area (Å²) in [5.74, 6) is -2.53. The van der Waals surface area contributed by atoms with E-state index in [2.05, 4.69) is 34.1 Å². The van der Waals surface area contributed by atoms with Crippen LogP contribution in [0.1, 0.15) is 18.4 Å². The van der Waals surface area contributed by atoms with Crippen LogP contribution in [0.3, 0.4) is 0 Å². The zero-order valence-corrected chi connectivity index (χ0v) is 18.6. The van der Waals surface area contributed by atoms with Gasteiger partial charge in [0, 0.05) is 45.7 Å². The molecule has 180 valence electrons. The first kappa shape index (κ1) is 24.9. The number of alkyl halides is 3. The van der Waals surface area contributed by atoms with Crippen LogP contribution >= 0.6 is 0 Å². The van der Waals surface area contributed by atoms with E-state index in [1.807, 2.05) is 6.07 Å². The number of carboxylic acids is 1. The van der Waals surface area contributed by atoms with E-state index in [4.69, 9.17) is 14.6 Å². The maximum atomic E-state index is 12.8. The van der Waals surface area contributed by atoms with Crippen molar-refractivity contribution in [1.82, 2.24) is 14.2 Å². The fourth-order valence-electron chi connectivity index (χ4n) is 3.77. The van der Waals surface area contributed by atoms with Gasteiger partial charge in [0.2, 0.25) is 15.9 Å². The lowest BCUT2D eigenvalue weighted by atomic mass is 9.90. The number of rotatable bonds is 2. The lowest BCUT2D eigenvalue weighted by Gasteiger charge is -2.41. The number of ether oxygens (including phenoxy) is 1. The molecular formula is C21H24F3N3O5S. The first-order chi connectivity index (χ1) is 15.4. The Hall–Kier alpha value is -2.70. The third-order valence-corrected chi connectivity index (χ3v) is 7.32. The number of likely N-dealkylation sites (N-methyl/N-ethyl adjacent to an activating group) is 1. The van der Waals surface area contributed by atoms with Gasteiger partial charge in [-0.25, -0.2) is 18.2 Å². The minimum atomic E-state index is -5.08. The van der Waals surface area contributed by atoms with Crippen molar-refractivity contribution >= 4 is 16.0 Å². The standard InChI is InChI=1S/C19H23N3O3S.C2HF3O2/c1-21-15-19(25-18-17(26(21,23)24)8-5-11-20-18)9-12-22(13-10-19)14-16-6-3-2-4-7-16;3-2(4,5)1(6)7/h2-8,11H,9-10,12-15H2,1H3;(H,6,7). The molecule has 0 aliphatic carbocycles. The molecule has 0 bridgehead atoms. The van der Waals surface area contributed by atoms with Crippen LogP contribution in [0.15, 0.2) is 53.6 Å². The fourth-order valence-corrected chi connectivity index (χ4v) is 5.07. The number of nitrogens with zero attached hydrogens (tertiary/aromatic N) is 3. The van der Waals surface area contributed by atoms with Crippen LogP contribution in [-0.4, -0.2) is 72.1 Å². The zero-order valence-electron chi connectivity index (χ0n) is 17.8. The molecule has 1 saturated heterocycles. The second kappa shape index (κ2) is 9.65. The normalized spacial score (nSPS) is 20.0. The molecule has 33 heavy (non-hydrogen) atoms. The Labute approximate surface area is 189 Å². The average Bonchev–Trinajstić information content (AvgIpc) is 2.83. The summed E-state index contributed by atoms with van der Waals surface area (Å²) in [4.78, 5) is 15.6. The Morgan fingerprint density at radius 1 is 1.15 bits per heavy atom. The minimum absolute atomic E-state index is 0.158. The summed E-state index contributed by atoms with van der Waals surface area (Å²) in [7, 11) is -1.94. The number of piperidine rings is 1. The van der Waals surface area contributed by atoms with Crippen molar-refractivity contribution in [3.63, 3.8) is 0 Å². The van der Waals surface area contributed by atoms with Gasteiger partial charge in [0.25, 0.3) is 0 Å². The van der Waals surface area contributed by atoms with Crippen LogP contribution in [0.5, 0.6) is 5.88 Å². The van der Waals surface area contributed by atoms with E-state index in [1.54, 1.807) is 25.4 Å². The van der Waals surface area contributed by atoms with Gasteiger partial charge in [0.15, 0.2) is 0 Å². The van der Waals surface area contributed by atoms with Gasteiger partial charge in [0.05, 0.1) is 6.54 Å². The number of aliphatic carboxylic acids is 1. The molecular weight excluding hydrogens is 463 g/mol. The molecule has 2 aliphatic rings. The SMILES string of the molecule is CN1CC2(CCN(Cc3ccccc3)CC2)Oc2ncccc2S1(=O)=O.O=C(O)C(F)(F)F. The largest absolute Gasteiger partial charge is 0.490 e. The van der Waals surface area contributed by atoms with Crippen molar-refractivity contribution in [2.45, 2.75) is 36.1 Å². The van der Waals surface area contributed by atoms with E-state index in [0.717, 1.165) is 32.5 Å². The van der Waals surface area contributed by atoms with Crippen molar-refractivity contribution in [3.05, 3.63) is 54.2 Å². The molecule has 8 nitrogen and oxygen atoms in total. The van der Waals surface area contributed by atoms with Crippen molar-refractivity contribution in [2.75, 3.05) is 26.7 Å². The van der Waals surface area contributed by atoms with Gasteiger partial charge in [0.1, 0.15) is 10.5 Å². The number of pyridine rings is 1. The molecule has 3 heterocycles. The maximum Gasteiger partial charge on any atom is 0.490 e. The summed E-state index contributed by atoms with van der Waals surface area (Å²) in [6, 6.07) is 13.6. The average molecular weight is 488 g/mol. The van der Waals surface area contributed by atoms with E-state index in [1.165, 1.54) is 9.87 Å². The minimum Gasteiger partial charge on any atom is -0.475 e. The van der Waals surface area contributed by atoms with Gasteiger partial charge in [-0.3, -0.25) is 4.90 Å². The van der Waals surface area contributed by atoms with E-state index >= 15 is 0 Å². The first-order valence-electron chi connectivity index (χ1n) is 10.1. The smallest absolute Gasteiger partial charge is 0.475 e. The highest BCUT2D eigenvalue weighted by atomic mass is 32.2. The molecule has 1 N–H and O–H groups in total. The van der Waals surface area contributed by atoms with E-state index in [-0.39, 0.29) is 10.8 Å². The number of likely N-dealkylation sites (tertiary alicyclic amines) is 1. The molecule has 0 atom stereocenters. The highest BCUT2D eigenvalue weighted by Crippen LogP contribution is 2.37. The van der Waals surface area contributed by atoms with Gasteiger partial charge in [-0.05, 0) is 17.7 Å². The van der Waals surface area contributed by atoms with Crippen LogP contribution in [0, 0.1) is 0 Å². The molecule has 4 rings (SSSR count). The van der Waals surface area contributed by atoms with E-state index < -0.39 is 27.8 Å². The Morgan fingerprint density at radius 2 is 1.76 bits per heavy atom. The highest BCUT2D eigenvalue weighted by molar-refractivity contribution is 7.89. The third kappa shape index (κ3) is 6.01. The summed E-state index contributed by atoms with van der Waals surface area (Å²) < 4.78 is 64.9. The van der Waals surface area contributed by atoms with Gasteiger partial charge in [-0.2, -0.15) is 17.5 Å². The van der Waals surface area contributed by atoms with E-state index in [9.17, 15) is 21.6 Å². The second-order valence-electron chi connectivity index (χ2n) is 7.92. The van der Waals surface area contributed by atoms with Crippen LogP contribution in [0.4, 0.5) is 13.2 Å². The molecule has 0 unspecified atom stereocenters. The molecule has 0 radical (unpaired) electrons. The molecule has 2 aliphatic heterocycles. The van der Waals surface area contributed by atoms with Crippen molar-refractivity contribution in [2.24, 2.45) is 0 Å². The molecule has 1 spiro atoms. The number of sulfonamides is 1. The molecule has 12 heteroatoms. The van der Waals surface area contributed by atoms with Gasteiger partial charge < -0.3 is 9.84 Å². The first-order valence-corrected chi connectivity index (χ1v) is 11.5. The number of benzene rings is 1. The maximum absolute atomic E-state index is 12.8. The molecule has 0 amide bonds. The van der Waals surface area contributed by atoms with E-state index in [0.29, 0.717) is 6.54 Å². The number of hydrogen-bond acceptors (Lipinski definition) is 6. The van der Waals surface area contributed by atoms with Crippen LogP contribution < -0.4 is 4.74 Å².